The van der Waals surface area contributed by atoms with E-state index in [1.54, 1.807) is 0 Å². The van der Waals surface area contributed by atoms with E-state index in [0.29, 0.717) is 17.5 Å². The first kappa shape index (κ1) is 17.3. The zero-order chi connectivity index (χ0) is 16.9. The summed E-state index contributed by atoms with van der Waals surface area (Å²) in [7, 11) is 0. The van der Waals surface area contributed by atoms with Crippen molar-refractivity contribution in [3.63, 3.8) is 0 Å². The number of nitrogens with zero attached hydrogens (tertiary/aromatic N) is 2. The van der Waals surface area contributed by atoms with Gasteiger partial charge < -0.3 is 9.74 Å². The van der Waals surface area contributed by atoms with Crippen LogP contribution in [0.3, 0.4) is 0 Å². The third-order valence-corrected chi connectivity index (χ3v) is 5.10. The van der Waals surface area contributed by atoms with Gasteiger partial charge in [-0.15, -0.1) is 0 Å². The fourth-order valence-electron chi connectivity index (χ4n) is 3.58. The Bertz CT molecular complexity index is 594. The monoisotopic (exact) mass is 348 g/mol. The van der Waals surface area contributed by atoms with Crippen LogP contribution in [0, 0.1) is 5.92 Å². The molecule has 1 heterocycles. The highest BCUT2D eigenvalue weighted by Crippen LogP contribution is 2.27. The van der Waals surface area contributed by atoms with Gasteiger partial charge >= 0.3 is 0 Å². The van der Waals surface area contributed by atoms with Gasteiger partial charge in [-0.3, -0.25) is 4.79 Å². The number of benzene rings is 1. The zero-order valence-corrected chi connectivity index (χ0v) is 15.0. The van der Waals surface area contributed by atoms with E-state index in [1.165, 1.54) is 12.8 Å². The number of halogens is 1. The second-order valence-electron chi connectivity index (χ2n) is 6.74. The van der Waals surface area contributed by atoms with Crippen LogP contribution < -0.4 is 0 Å². The Kier molecular flexibility index (Phi) is 5.77. The molecule has 0 spiro atoms. The second-order valence-corrected chi connectivity index (χ2v) is 7.18. The predicted molar refractivity (Wildman–Crippen MR) is 96.3 cm³/mol. The molecule has 0 aromatic heterocycles. The van der Waals surface area contributed by atoms with Gasteiger partial charge in [0, 0.05) is 23.9 Å². The number of rotatable bonds is 6. The quantitative estimate of drug-likeness (QED) is 0.770. The molecule has 1 unspecified atom stereocenters. The molecule has 3 rings (SSSR count). The Labute approximate surface area is 148 Å². The number of hydrogen-bond donors (Lipinski definition) is 0. The Morgan fingerprint density at radius 1 is 1.29 bits per heavy atom. The van der Waals surface area contributed by atoms with Crippen LogP contribution in [0.5, 0.6) is 0 Å². The van der Waals surface area contributed by atoms with Crippen molar-refractivity contribution in [1.29, 1.82) is 0 Å². The summed E-state index contributed by atoms with van der Waals surface area (Å²) in [5.74, 6) is 0.521. The first-order chi connectivity index (χ1) is 11.7. The first-order valence-corrected chi connectivity index (χ1v) is 9.32. The molecular weight excluding hydrogens is 324 g/mol. The van der Waals surface area contributed by atoms with Crippen molar-refractivity contribution in [2.24, 2.45) is 11.1 Å². The van der Waals surface area contributed by atoms with E-state index in [9.17, 15) is 4.79 Å². The van der Waals surface area contributed by atoms with Crippen LogP contribution >= 0.6 is 11.6 Å². The Morgan fingerprint density at radius 3 is 2.67 bits per heavy atom. The number of amides is 1. The highest BCUT2D eigenvalue weighted by atomic mass is 35.5. The molecule has 1 atom stereocenters. The molecule has 1 aliphatic carbocycles. The Hall–Kier alpha value is -1.55. The van der Waals surface area contributed by atoms with Gasteiger partial charge in [0.1, 0.15) is 0 Å². The molecule has 1 saturated carbocycles. The summed E-state index contributed by atoms with van der Waals surface area (Å²) in [5.41, 5.74) is 1.97. The number of carbonyl (C=O) groups is 1. The van der Waals surface area contributed by atoms with Crippen LogP contribution in [0.1, 0.15) is 51.0 Å². The summed E-state index contributed by atoms with van der Waals surface area (Å²) >= 11 is 5.93. The Morgan fingerprint density at radius 2 is 2.00 bits per heavy atom. The lowest BCUT2D eigenvalue weighted by Crippen LogP contribution is -2.41. The van der Waals surface area contributed by atoms with Crippen molar-refractivity contribution in [3.8, 4) is 0 Å². The van der Waals surface area contributed by atoms with E-state index in [2.05, 4.69) is 12.1 Å². The normalized spacial score (nSPS) is 20.8. The minimum atomic E-state index is -0.0485. The lowest BCUT2D eigenvalue weighted by Gasteiger charge is -2.27. The smallest absolute Gasteiger partial charge is 0.225 e. The molecule has 0 saturated heterocycles. The summed E-state index contributed by atoms with van der Waals surface area (Å²) in [6.07, 6.45) is 6.09. The van der Waals surface area contributed by atoms with Crippen molar-refractivity contribution in [3.05, 3.63) is 34.9 Å². The van der Waals surface area contributed by atoms with Crippen LogP contribution in [-0.4, -0.2) is 35.7 Å². The van der Waals surface area contributed by atoms with Crippen molar-refractivity contribution in [2.75, 3.05) is 13.1 Å². The molecule has 1 amide bonds. The molecule has 5 heteroatoms. The van der Waals surface area contributed by atoms with Crippen LogP contribution in [0.4, 0.5) is 0 Å². The van der Waals surface area contributed by atoms with Crippen LogP contribution in [0.2, 0.25) is 5.02 Å². The third-order valence-electron chi connectivity index (χ3n) is 4.84. The average molecular weight is 349 g/mol. The molecule has 130 valence electrons. The number of hydrogen-bond acceptors (Lipinski definition) is 3. The molecule has 1 aromatic carbocycles. The van der Waals surface area contributed by atoms with Gasteiger partial charge in [-0.1, -0.05) is 48.7 Å². The van der Waals surface area contributed by atoms with Gasteiger partial charge in [-0.2, -0.15) is 0 Å². The minimum Gasteiger partial charge on any atom is -0.390 e. The SMILES string of the molecule is CCCN(CC1CC(c2ccc(Cl)cc2)=NO1)C(=O)C1CCCC1. The van der Waals surface area contributed by atoms with Crippen molar-refractivity contribution in [1.82, 2.24) is 4.90 Å². The maximum atomic E-state index is 12.7. The second kappa shape index (κ2) is 8.02. The van der Waals surface area contributed by atoms with E-state index in [-0.39, 0.29) is 12.0 Å². The molecule has 2 aliphatic rings. The van der Waals surface area contributed by atoms with E-state index in [4.69, 9.17) is 16.4 Å². The minimum absolute atomic E-state index is 0.0485. The topological polar surface area (TPSA) is 41.9 Å². The average Bonchev–Trinajstić information content (AvgIpc) is 3.26. The first-order valence-electron chi connectivity index (χ1n) is 8.94. The highest BCUT2D eigenvalue weighted by molar-refractivity contribution is 6.30. The molecule has 1 aromatic rings. The van der Waals surface area contributed by atoms with Crippen molar-refractivity contribution >= 4 is 23.2 Å². The molecule has 24 heavy (non-hydrogen) atoms. The fourth-order valence-corrected chi connectivity index (χ4v) is 3.70. The summed E-state index contributed by atoms with van der Waals surface area (Å²) in [6.45, 7) is 3.54. The van der Waals surface area contributed by atoms with Gasteiger partial charge in [-0.25, -0.2) is 0 Å². The molecule has 0 radical (unpaired) electrons. The van der Waals surface area contributed by atoms with Gasteiger partial charge in [-0.05, 0) is 37.0 Å². The standard InChI is InChI=1S/C19H25ClN2O2/c1-2-11-22(19(23)15-5-3-4-6-15)13-17-12-18(21-24-17)14-7-9-16(20)10-8-14/h7-10,15,17H,2-6,11-13H2,1H3. The number of carbonyl (C=O) groups excluding carboxylic acids is 1. The van der Waals surface area contributed by atoms with Gasteiger partial charge in [0.2, 0.25) is 5.91 Å². The van der Waals surface area contributed by atoms with Crippen molar-refractivity contribution < 1.29 is 9.63 Å². The largest absolute Gasteiger partial charge is 0.390 e. The van der Waals surface area contributed by atoms with Crippen LogP contribution in [0.25, 0.3) is 0 Å². The highest BCUT2D eigenvalue weighted by Gasteiger charge is 2.31. The summed E-state index contributed by atoms with van der Waals surface area (Å²) < 4.78 is 0. The maximum Gasteiger partial charge on any atom is 0.225 e. The predicted octanol–water partition coefficient (Wildman–Crippen LogP) is 4.26. The third kappa shape index (κ3) is 4.10. The molecule has 1 aliphatic heterocycles. The van der Waals surface area contributed by atoms with E-state index in [0.717, 1.165) is 43.5 Å². The Balaban J connectivity index is 1.58. The van der Waals surface area contributed by atoms with Crippen LogP contribution in [-0.2, 0) is 9.63 Å². The number of oxime groups is 1. The molecular formula is C19H25ClN2O2. The zero-order valence-electron chi connectivity index (χ0n) is 14.2. The summed E-state index contributed by atoms with van der Waals surface area (Å²) in [5, 5.41) is 4.94. The van der Waals surface area contributed by atoms with Crippen molar-refractivity contribution in [2.45, 2.75) is 51.6 Å². The summed E-state index contributed by atoms with van der Waals surface area (Å²) in [6, 6.07) is 7.64. The van der Waals surface area contributed by atoms with E-state index < -0.39 is 0 Å². The fraction of sp³-hybridized carbons (Fsp3) is 0.579. The molecule has 4 nitrogen and oxygen atoms in total. The lowest BCUT2D eigenvalue weighted by atomic mass is 10.0. The van der Waals surface area contributed by atoms with E-state index in [1.807, 2.05) is 29.2 Å². The maximum absolute atomic E-state index is 12.7. The van der Waals surface area contributed by atoms with Gasteiger partial charge in [0.05, 0.1) is 12.3 Å². The molecule has 0 bridgehead atoms. The van der Waals surface area contributed by atoms with Crippen LogP contribution in [0.15, 0.2) is 29.4 Å². The lowest BCUT2D eigenvalue weighted by molar-refractivity contribution is -0.137. The molecule has 1 fully saturated rings. The van der Waals surface area contributed by atoms with Gasteiger partial charge in [0.25, 0.3) is 0 Å². The summed E-state index contributed by atoms with van der Waals surface area (Å²) in [4.78, 5) is 20.3. The molecule has 0 N–H and O–H groups in total. The van der Waals surface area contributed by atoms with E-state index >= 15 is 0 Å². The van der Waals surface area contributed by atoms with Gasteiger partial charge in [0.15, 0.2) is 6.10 Å².